The second kappa shape index (κ2) is 4.97. The summed E-state index contributed by atoms with van der Waals surface area (Å²) in [5.41, 5.74) is 0.949. The highest BCUT2D eigenvalue weighted by Gasteiger charge is 2.08. The van der Waals surface area contributed by atoms with Gasteiger partial charge in [-0.25, -0.2) is 0 Å². The molecule has 1 N–H and O–H groups in total. The zero-order valence-corrected chi connectivity index (χ0v) is 11.6. The Labute approximate surface area is 114 Å². The van der Waals surface area contributed by atoms with Crippen molar-refractivity contribution in [1.29, 1.82) is 0 Å². The van der Waals surface area contributed by atoms with Gasteiger partial charge in [-0.1, -0.05) is 13.8 Å². The van der Waals surface area contributed by atoms with Crippen molar-refractivity contribution in [1.82, 2.24) is 19.6 Å². The van der Waals surface area contributed by atoms with E-state index in [-0.39, 0.29) is 0 Å². The molecular weight excluding hydrogens is 260 g/mol. The summed E-state index contributed by atoms with van der Waals surface area (Å²) in [6.07, 6.45) is 2.66. The van der Waals surface area contributed by atoms with Crippen LogP contribution in [-0.2, 0) is 6.42 Å². The topological polar surface area (TPSA) is 63.7 Å². The van der Waals surface area contributed by atoms with Crippen LogP contribution < -0.4 is 4.74 Å². The van der Waals surface area contributed by atoms with Crippen molar-refractivity contribution >= 4 is 22.4 Å². The van der Waals surface area contributed by atoms with Gasteiger partial charge in [-0.05, 0) is 18.1 Å². The minimum atomic E-state index is 0.545. The van der Waals surface area contributed by atoms with Crippen LogP contribution in [0.5, 0.6) is 10.9 Å². The second-order valence-electron chi connectivity index (χ2n) is 4.80. The lowest BCUT2D eigenvalue weighted by atomic mass is 10.1. The number of nitrogens with one attached hydrogen (secondary N) is 1. The van der Waals surface area contributed by atoms with Gasteiger partial charge < -0.3 is 4.74 Å². The van der Waals surface area contributed by atoms with Crippen LogP contribution in [0.15, 0.2) is 24.4 Å². The standard InChI is InChI=1S/C13H14N4OS/c1-8(2)5-12-15-13(19-17-12)18-10-4-3-9-7-14-16-11(9)6-10/h3-4,6-8H,5H2,1-2H3,(H,14,16). The Morgan fingerprint density at radius 2 is 2.26 bits per heavy atom. The number of ether oxygens (including phenoxy) is 1. The molecule has 0 spiro atoms. The number of benzene rings is 1. The second-order valence-corrected chi connectivity index (χ2v) is 5.51. The average Bonchev–Trinajstić information content (AvgIpc) is 2.97. The first-order valence-corrected chi connectivity index (χ1v) is 6.91. The van der Waals surface area contributed by atoms with Crippen LogP contribution in [-0.4, -0.2) is 19.6 Å². The highest BCUT2D eigenvalue weighted by atomic mass is 32.1. The highest BCUT2D eigenvalue weighted by Crippen LogP contribution is 2.26. The van der Waals surface area contributed by atoms with Crippen molar-refractivity contribution in [2.75, 3.05) is 0 Å². The third kappa shape index (κ3) is 2.73. The van der Waals surface area contributed by atoms with Crippen LogP contribution in [0.3, 0.4) is 0 Å². The number of aromatic amines is 1. The van der Waals surface area contributed by atoms with E-state index in [1.165, 1.54) is 11.5 Å². The predicted octanol–water partition coefficient (Wildman–Crippen LogP) is 3.41. The third-order valence-electron chi connectivity index (χ3n) is 2.66. The van der Waals surface area contributed by atoms with Crippen LogP contribution in [0.4, 0.5) is 0 Å². The molecule has 3 rings (SSSR count). The van der Waals surface area contributed by atoms with E-state index >= 15 is 0 Å². The van der Waals surface area contributed by atoms with Crippen molar-refractivity contribution in [2.24, 2.45) is 5.92 Å². The van der Waals surface area contributed by atoms with Gasteiger partial charge in [0.15, 0.2) is 0 Å². The predicted molar refractivity (Wildman–Crippen MR) is 74.6 cm³/mol. The number of H-pyrrole nitrogens is 1. The van der Waals surface area contributed by atoms with Crippen LogP contribution in [0.25, 0.3) is 10.9 Å². The molecule has 0 saturated carbocycles. The molecular formula is C13H14N4OS. The maximum atomic E-state index is 5.72. The summed E-state index contributed by atoms with van der Waals surface area (Å²) in [6, 6.07) is 5.78. The molecule has 0 aliphatic carbocycles. The Balaban J connectivity index is 1.78. The minimum absolute atomic E-state index is 0.545. The van der Waals surface area contributed by atoms with Gasteiger partial charge in [0.25, 0.3) is 5.19 Å². The molecule has 0 amide bonds. The maximum absolute atomic E-state index is 5.72. The van der Waals surface area contributed by atoms with E-state index in [4.69, 9.17) is 4.74 Å². The average molecular weight is 274 g/mol. The summed E-state index contributed by atoms with van der Waals surface area (Å²) in [4.78, 5) is 4.37. The van der Waals surface area contributed by atoms with E-state index in [1.807, 2.05) is 18.2 Å². The molecule has 0 atom stereocenters. The highest BCUT2D eigenvalue weighted by molar-refractivity contribution is 7.07. The number of hydrogen-bond acceptors (Lipinski definition) is 5. The number of rotatable bonds is 4. The summed E-state index contributed by atoms with van der Waals surface area (Å²) < 4.78 is 10.0. The first-order valence-electron chi connectivity index (χ1n) is 6.14. The van der Waals surface area contributed by atoms with Crippen LogP contribution >= 0.6 is 11.5 Å². The Hall–Kier alpha value is -1.95. The van der Waals surface area contributed by atoms with Gasteiger partial charge in [-0.2, -0.15) is 14.5 Å². The maximum Gasteiger partial charge on any atom is 0.298 e. The normalized spacial score (nSPS) is 11.3. The molecule has 6 heteroatoms. The number of hydrogen-bond donors (Lipinski definition) is 1. The fourth-order valence-electron chi connectivity index (χ4n) is 1.81. The summed E-state index contributed by atoms with van der Waals surface area (Å²) in [5, 5.41) is 8.53. The van der Waals surface area contributed by atoms with Gasteiger partial charge >= 0.3 is 0 Å². The lowest BCUT2D eigenvalue weighted by Gasteiger charge is -2.00. The van der Waals surface area contributed by atoms with E-state index in [1.54, 1.807) is 6.20 Å². The molecule has 98 valence electrons. The fraction of sp³-hybridized carbons (Fsp3) is 0.308. The molecule has 0 unspecified atom stereocenters. The Morgan fingerprint density at radius 3 is 3.11 bits per heavy atom. The van der Waals surface area contributed by atoms with Crippen molar-refractivity contribution in [3.05, 3.63) is 30.2 Å². The SMILES string of the molecule is CC(C)Cc1nsc(Oc2ccc3cn[nH]c3c2)n1. The molecule has 0 radical (unpaired) electrons. The van der Waals surface area contributed by atoms with Gasteiger partial charge in [0.05, 0.1) is 11.7 Å². The van der Waals surface area contributed by atoms with E-state index in [2.05, 4.69) is 33.4 Å². The first-order chi connectivity index (χ1) is 9.20. The van der Waals surface area contributed by atoms with Crippen LogP contribution in [0.1, 0.15) is 19.7 Å². The molecule has 0 aliphatic heterocycles. The number of nitrogens with zero attached hydrogens (tertiary/aromatic N) is 3. The number of fused-ring (bicyclic) bond motifs is 1. The zero-order chi connectivity index (χ0) is 13.2. The molecule has 5 nitrogen and oxygen atoms in total. The van der Waals surface area contributed by atoms with Gasteiger partial charge in [-0.15, -0.1) is 0 Å². The molecule has 1 aromatic carbocycles. The smallest absolute Gasteiger partial charge is 0.298 e. The van der Waals surface area contributed by atoms with E-state index < -0.39 is 0 Å². The van der Waals surface area contributed by atoms with Gasteiger partial charge in [0, 0.05) is 29.4 Å². The number of aromatic nitrogens is 4. The Bertz CT molecular complexity index is 689. The molecule has 0 fully saturated rings. The fourth-order valence-corrected chi connectivity index (χ4v) is 2.39. The molecule has 2 heterocycles. The molecule has 0 aliphatic rings. The monoisotopic (exact) mass is 274 g/mol. The Kier molecular flexibility index (Phi) is 3.16. The largest absolute Gasteiger partial charge is 0.430 e. The van der Waals surface area contributed by atoms with Crippen LogP contribution in [0, 0.1) is 5.92 Å². The first kappa shape index (κ1) is 12.1. The molecule has 2 aromatic heterocycles. The van der Waals surface area contributed by atoms with E-state index in [0.717, 1.165) is 28.9 Å². The van der Waals surface area contributed by atoms with Crippen molar-refractivity contribution < 1.29 is 4.74 Å². The molecule has 19 heavy (non-hydrogen) atoms. The lowest BCUT2D eigenvalue weighted by molar-refractivity contribution is 0.476. The van der Waals surface area contributed by atoms with Crippen LogP contribution in [0.2, 0.25) is 0 Å². The van der Waals surface area contributed by atoms with Gasteiger partial charge in [-0.3, -0.25) is 5.10 Å². The van der Waals surface area contributed by atoms with Crippen molar-refractivity contribution in [3.63, 3.8) is 0 Å². The van der Waals surface area contributed by atoms with Crippen molar-refractivity contribution in [3.8, 4) is 10.9 Å². The van der Waals surface area contributed by atoms with Gasteiger partial charge in [0.2, 0.25) is 0 Å². The minimum Gasteiger partial charge on any atom is -0.430 e. The van der Waals surface area contributed by atoms with Gasteiger partial charge in [0.1, 0.15) is 11.6 Å². The quantitative estimate of drug-likeness (QED) is 0.792. The summed E-state index contributed by atoms with van der Waals surface area (Å²) in [7, 11) is 0. The third-order valence-corrected chi connectivity index (χ3v) is 3.29. The van der Waals surface area contributed by atoms with E-state index in [9.17, 15) is 0 Å². The zero-order valence-electron chi connectivity index (χ0n) is 10.8. The lowest BCUT2D eigenvalue weighted by Crippen LogP contribution is -1.95. The summed E-state index contributed by atoms with van der Waals surface area (Å²) in [6.45, 7) is 4.29. The molecule has 0 saturated heterocycles. The van der Waals surface area contributed by atoms with E-state index in [0.29, 0.717) is 11.1 Å². The Morgan fingerprint density at radius 1 is 1.37 bits per heavy atom. The van der Waals surface area contributed by atoms with Crippen molar-refractivity contribution in [2.45, 2.75) is 20.3 Å². The summed E-state index contributed by atoms with van der Waals surface area (Å²) >= 11 is 1.28. The molecule has 0 bridgehead atoms. The summed E-state index contributed by atoms with van der Waals surface area (Å²) in [5.74, 6) is 2.13. The molecule has 3 aromatic rings.